The van der Waals surface area contributed by atoms with Crippen molar-refractivity contribution >= 4 is 23.3 Å². The fourth-order valence-electron chi connectivity index (χ4n) is 3.96. The minimum atomic E-state index is -0.562. The van der Waals surface area contributed by atoms with Gasteiger partial charge in [0.05, 0.1) is 18.5 Å². The molecule has 1 unspecified atom stereocenters. The van der Waals surface area contributed by atoms with Crippen molar-refractivity contribution in [3.05, 3.63) is 89.7 Å². The maximum absolute atomic E-state index is 13.5. The number of pyridine rings is 1. The number of amides is 1. The Bertz CT molecular complexity index is 1080. The standard InChI is InChI=1S/C25H25N3O3/c1-18-15-27(17-19-9-4-3-5-10-19)22-13-6-7-14-23(22)28(16-18)24(29)20-11-8-12-21(26-20)25(30)31-2/h3-14,18H,15-17H2,1-2H3. The summed E-state index contributed by atoms with van der Waals surface area (Å²) in [6.07, 6.45) is 0. The van der Waals surface area contributed by atoms with Crippen molar-refractivity contribution in [2.45, 2.75) is 13.5 Å². The number of rotatable bonds is 4. The molecular formula is C25H25N3O3. The van der Waals surface area contributed by atoms with Gasteiger partial charge in [-0.25, -0.2) is 9.78 Å². The Balaban J connectivity index is 1.70. The molecule has 1 atom stereocenters. The van der Waals surface area contributed by atoms with Crippen LogP contribution < -0.4 is 9.80 Å². The van der Waals surface area contributed by atoms with Crippen molar-refractivity contribution in [1.82, 2.24) is 4.98 Å². The third kappa shape index (κ3) is 4.43. The average Bonchev–Trinajstić information content (AvgIpc) is 2.95. The number of benzene rings is 2. The number of para-hydroxylation sites is 2. The monoisotopic (exact) mass is 415 g/mol. The molecule has 0 radical (unpaired) electrons. The molecule has 0 bridgehead atoms. The second-order valence-electron chi connectivity index (χ2n) is 7.78. The molecule has 2 aromatic carbocycles. The number of aromatic nitrogens is 1. The van der Waals surface area contributed by atoms with E-state index in [0.717, 1.165) is 24.5 Å². The van der Waals surface area contributed by atoms with Gasteiger partial charge in [0, 0.05) is 19.6 Å². The van der Waals surface area contributed by atoms with Crippen LogP contribution in [0.2, 0.25) is 0 Å². The van der Waals surface area contributed by atoms with Gasteiger partial charge in [0.15, 0.2) is 0 Å². The molecule has 6 heteroatoms. The molecule has 1 aliphatic rings. The highest BCUT2D eigenvalue weighted by molar-refractivity contribution is 6.07. The van der Waals surface area contributed by atoms with Gasteiger partial charge in [-0.2, -0.15) is 0 Å². The normalized spacial score (nSPS) is 15.7. The molecule has 3 aromatic rings. The smallest absolute Gasteiger partial charge is 0.356 e. The van der Waals surface area contributed by atoms with Gasteiger partial charge in [0.2, 0.25) is 0 Å². The van der Waals surface area contributed by atoms with Gasteiger partial charge >= 0.3 is 5.97 Å². The maximum Gasteiger partial charge on any atom is 0.356 e. The number of fused-ring (bicyclic) bond motifs is 1. The van der Waals surface area contributed by atoms with E-state index in [1.54, 1.807) is 23.1 Å². The van der Waals surface area contributed by atoms with Crippen molar-refractivity contribution in [1.29, 1.82) is 0 Å². The summed E-state index contributed by atoms with van der Waals surface area (Å²) in [5, 5.41) is 0. The lowest BCUT2D eigenvalue weighted by atomic mass is 10.1. The number of ether oxygens (including phenoxy) is 1. The first-order valence-electron chi connectivity index (χ1n) is 10.3. The molecule has 0 saturated carbocycles. The van der Waals surface area contributed by atoms with Gasteiger partial charge in [-0.15, -0.1) is 0 Å². The third-order valence-electron chi connectivity index (χ3n) is 5.36. The van der Waals surface area contributed by atoms with Gasteiger partial charge in [-0.05, 0) is 35.7 Å². The first-order chi connectivity index (χ1) is 15.1. The van der Waals surface area contributed by atoms with Crippen LogP contribution in [-0.2, 0) is 11.3 Å². The lowest BCUT2D eigenvalue weighted by Crippen LogP contribution is -2.35. The highest BCUT2D eigenvalue weighted by atomic mass is 16.5. The van der Waals surface area contributed by atoms with Gasteiger partial charge in [-0.3, -0.25) is 4.79 Å². The first kappa shape index (κ1) is 20.6. The van der Waals surface area contributed by atoms with Crippen molar-refractivity contribution in [2.75, 3.05) is 30.0 Å². The van der Waals surface area contributed by atoms with Crippen LogP contribution in [-0.4, -0.2) is 37.1 Å². The molecule has 1 aliphatic heterocycles. The number of hydrogen-bond donors (Lipinski definition) is 0. The molecule has 31 heavy (non-hydrogen) atoms. The highest BCUT2D eigenvalue weighted by Gasteiger charge is 2.29. The Labute approximate surface area is 182 Å². The third-order valence-corrected chi connectivity index (χ3v) is 5.36. The molecule has 0 N–H and O–H groups in total. The number of methoxy groups -OCH3 is 1. The minimum absolute atomic E-state index is 0.121. The second-order valence-corrected chi connectivity index (χ2v) is 7.78. The van der Waals surface area contributed by atoms with Gasteiger partial charge < -0.3 is 14.5 Å². The Morgan fingerprint density at radius 3 is 2.32 bits per heavy atom. The number of esters is 1. The Kier molecular flexibility index (Phi) is 5.98. The maximum atomic E-state index is 13.5. The van der Waals surface area contributed by atoms with Crippen molar-refractivity contribution in [3.63, 3.8) is 0 Å². The van der Waals surface area contributed by atoms with E-state index >= 15 is 0 Å². The number of carbonyl (C=O) groups is 2. The molecule has 0 aliphatic carbocycles. The summed E-state index contributed by atoms with van der Waals surface area (Å²) < 4.78 is 4.75. The number of carbonyl (C=O) groups excluding carboxylic acids is 2. The van der Waals surface area contributed by atoms with E-state index < -0.39 is 5.97 Å². The largest absolute Gasteiger partial charge is 0.464 e. The van der Waals surface area contributed by atoms with Gasteiger partial charge in [0.1, 0.15) is 11.4 Å². The molecule has 6 nitrogen and oxygen atoms in total. The zero-order valence-corrected chi connectivity index (χ0v) is 17.7. The van der Waals surface area contributed by atoms with Gasteiger partial charge in [-0.1, -0.05) is 55.5 Å². The van der Waals surface area contributed by atoms with Crippen molar-refractivity contribution in [2.24, 2.45) is 5.92 Å². The number of anilines is 2. The van der Waals surface area contributed by atoms with Crippen LogP contribution in [0.4, 0.5) is 11.4 Å². The summed E-state index contributed by atoms with van der Waals surface area (Å²) in [5.41, 5.74) is 3.42. The molecule has 0 saturated heterocycles. The predicted molar refractivity (Wildman–Crippen MR) is 120 cm³/mol. The lowest BCUT2D eigenvalue weighted by molar-refractivity contribution is 0.0594. The second kappa shape index (κ2) is 9.00. The van der Waals surface area contributed by atoms with Crippen LogP contribution >= 0.6 is 0 Å². The first-order valence-corrected chi connectivity index (χ1v) is 10.3. The molecule has 0 fully saturated rings. The van der Waals surface area contributed by atoms with E-state index in [1.807, 2.05) is 36.4 Å². The van der Waals surface area contributed by atoms with Crippen molar-refractivity contribution < 1.29 is 14.3 Å². The van der Waals surface area contributed by atoms with Crippen LogP contribution in [0.3, 0.4) is 0 Å². The van der Waals surface area contributed by atoms with Crippen LogP contribution in [0.25, 0.3) is 0 Å². The molecule has 158 valence electrons. The SMILES string of the molecule is COC(=O)c1cccc(C(=O)N2CC(C)CN(Cc3ccccc3)c3ccccc32)n1. The van der Waals surface area contributed by atoms with E-state index in [2.05, 4.69) is 35.0 Å². The molecule has 0 spiro atoms. The molecule has 4 rings (SSSR count). The fourth-order valence-corrected chi connectivity index (χ4v) is 3.96. The predicted octanol–water partition coefficient (Wildman–Crippen LogP) is 4.17. The highest BCUT2D eigenvalue weighted by Crippen LogP contribution is 2.35. The van der Waals surface area contributed by atoms with E-state index in [1.165, 1.54) is 12.7 Å². The molecular weight excluding hydrogens is 390 g/mol. The summed E-state index contributed by atoms with van der Waals surface area (Å²) in [7, 11) is 1.30. The molecule has 2 heterocycles. The fraction of sp³-hybridized carbons (Fsp3) is 0.240. The molecule has 1 aromatic heterocycles. The zero-order valence-electron chi connectivity index (χ0n) is 17.7. The van der Waals surface area contributed by atoms with E-state index in [9.17, 15) is 9.59 Å². The van der Waals surface area contributed by atoms with E-state index in [4.69, 9.17) is 4.74 Å². The number of hydrogen-bond acceptors (Lipinski definition) is 5. The summed E-state index contributed by atoms with van der Waals surface area (Å²) in [5.74, 6) is -0.552. The summed E-state index contributed by atoms with van der Waals surface area (Å²) in [6.45, 7) is 4.29. The Morgan fingerprint density at radius 2 is 1.58 bits per heavy atom. The zero-order chi connectivity index (χ0) is 21.8. The average molecular weight is 415 g/mol. The molecule has 1 amide bonds. The quantitative estimate of drug-likeness (QED) is 0.599. The van der Waals surface area contributed by atoms with E-state index in [0.29, 0.717) is 6.54 Å². The van der Waals surface area contributed by atoms with Crippen LogP contribution in [0.5, 0.6) is 0 Å². The summed E-state index contributed by atoms with van der Waals surface area (Å²) >= 11 is 0. The summed E-state index contributed by atoms with van der Waals surface area (Å²) in [4.78, 5) is 33.7. The van der Waals surface area contributed by atoms with Gasteiger partial charge in [0.25, 0.3) is 5.91 Å². The van der Waals surface area contributed by atoms with Crippen LogP contribution in [0.1, 0.15) is 33.5 Å². The topological polar surface area (TPSA) is 62.7 Å². The number of nitrogens with zero attached hydrogens (tertiary/aromatic N) is 3. The minimum Gasteiger partial charge on any atom is -0.464 e. The Morgan fingerprint density at radius 1 is 0.903 bits per heavy atom. The summed E-state index contributed by atoms with van der Waals surface area (Å²) in [6, 6.07) is 23.1. The lowest BCUT2D eigenvalue weighted by Gasteiger charge is -2.27. The van der Waals surface area contributed by atoms with Crippen LogP contribution in [0.15, 0.2) is 72.8 Å². The van der Waals surface area contributed by atoms with E-state index in [-0.39, 0.29) is 23.2 Å². The van der Waals surface area contributed by atoms with Crippen molar-refractivity contribution in [3.8, 4) is 0 Å². The Hall–Kier alpha value is -3.67. The van der Waals surface area contributed by atoms with Crippen LogP contribution in [0, 0.1) is 5.92 Å².